The van der Waals surface area contributed by atoms with E-state index in [4.69, 9.17) is 0 Å². The van der Waals surface area contributed by atoms with Crippen LogP contribution in [0.4, 0.5) is 4.39 Å². The molecule has 3 heteroatoms. The number of carbonyl (C=O) groups excluding carboxylic acids is 1. The van der Waals surface area contributed by atoms with E-state index >= 15 is 0 Å². The Morgan fingerprint density at radius 3 is 2.89 bits per heavy atom. The molecular weight excluding hydrogens is 229 g/mol. The number of nitrogens with zero attached hydrogens (tertiary/aromatic N) is 1. The maximum atomic E-state index is 13.8. The normalized spacial score (nSPS) is 19.9. The zero-order valence-electron chi connectivity index (χ0n) is 11.1. The number of piperidine rings is 1. The molecule has 1 unspecified atom stereocenters. The van der Waals surface area contributed by atoms with Crippen molar-refractivity contribution in [3.05, 3.63) is 35.1 Å². The Morgan fingerprint density at radius 1 is 1.44 bits per heavy atom. The van der Waals surface area contributed by atoms with Crippen LogP contribution in [0.2, 0.25) is 0 Å². The summed E-state index contributed by atoms with van der Waals surface area (Å²) in [6.45, 7) is 4.67. The summed E-state index contributed by atoms with van der Waals surface area (Å²) >= 11 is 0. The van der Waals surface area contributed by atoms with Crippen molar-refractivity contribution in [2.45, 2.75) is 45.6 Å². The van der Waals surface area contributed by atoms with Crippen molar-refractivity contribution in [1.29, 1.82) is 0 Å². The third-order valence-electron chi connectivity index (χ3n) is 3.71. The quantitative estimate of drug-likeness (QED) is 0.785. The van der Waals surface area contributed by atoms with Crippen molar-refractivity contribution in [3.63, 3.8) is 0 Å². The van der Waals surface area contributed by atoms with Gasteiger partial charge in [0, 0.05) is 12.6 Å². The molecule has 0 radical (unpaired) electrons. The molecule has 1 heterocycles. The van der Waals surface area contributed by atoms with E-state index in [0.29, 0.717) is 0 Å². The van der Waals surface area contributed by atoms with Gasteiger partial charge in [0.15, 0.2) is 0 Å². The average Bonchev–Trinajstić information content (AvgIpc) is 2.38. The van der Waals surface area contributed by atoms with Crippen LogP contribution in [-0.2, 0) is 0 Å². The molecule has 2 nitrogen and oxygen atoms in total. The minimum Gasteiger partial charge on any atom is -0.336 e. The Labute approximate surface area is 108 Å². The van der Waals surface area contributed by atoms with E-state index in [1.54, 1.807) is 12.1 Å². The third-order valence-corrected chi connectivity index (χ3v) is 3.71. The number of hydrogen-bond donors (Lipinski definition) is 0. The number of benzene rings is 1. The molecule has 1 amide bonds. The first-order valence-electron chi connectivity index (χ1n) is 6.70. The Kier molecular flexibility index (Phi) is 4.00. The third kappa shape index (κ3) is 2.55. The number of likely N-dealkylation sites (tertiary alicyclic amines) is 1. The highest BCUT2D eigenvalue weighted by atomic mass is 19.1. The summed E-state index contributed by atoms with van der Waals surface area (Å²) in [6.07, 6.45) is 4.17. The molecule has 0 spiro atoms. The highest BCUT2D eigenvalue weighted by Crippen LogP contribution is 2.23. The van der Waals surface area contributed by atoms with Crippen LogP contribution in [0.5, 0.6) is 0 Å². The van der Waals surface area contributed by atoms with Gasteiger partial charge < -0.3 is 4.90 Å². The molecular formula is C15H20FNO. The molecule has 2 rings (SSSR count). The van der Waals surface area contributed by atoms with Gasteiger partial charge >= 0.3 is 0 Å². The van der Waals surface area contributed by atoms with Gasteiger partial charge in [0.25, 0.3) is 5.91 Å². The Hall–Kier alpha value is -1.38. The molecule has 98 valence electrons. The fourth-order valence-electron chi connectivity index (χ4n) is 2.64. The van der Waals surface area contributed by atoms with Crippen LogP contribution in [0.15, 0.2) is 18.2 Å². The van der Waals surface area contributed by atoms with Crippen molar-refractivity contribution in [1.82, 2.24) is 4.90 Å². The fraction of sp³-hybridized carbons (Fsp3) is 0.533. The summed E-state index contributed by atoms with van der Waals surface area (Å²) in [5.41, 5.74) is 1.05. The van der Waals surface area contributed by atoms with Crippen molar-refractivity contribution >= 4 is 5.91 Å². The van der Waals surface area contributed by atoms with Crippen LogP contribution in [0.25, 0.3) is 0 Å². The number of aryl methyl sites for hydroxylation is 1. The first-order valence-corrected chi connectivity index (χ1v) is 6.70. The standard InChI is InChI=1S/C15H20FNO/c1-3-12-6-4-5-9-17(12)15(18)13-8-7-11(2)10-14(13)16/h7-8,10,12H,3-6,9H2,1-2H3. The van der Waals surface area contributed by atoms with Crippen LogP contribution in [0.3, 0.4) is 0 Å². The Bertz CT molecular complexity index is 444. The minimum absolute atomic E-state index is 0.154. The summed E-state index contributed by atoms with van der Waals surface area (Å²) in [5, 5.41) is 0. The molecule has 0 aromatic heterocycles. The lowest BCUT2D eigenvalue weighted by molar-refractivity contribution is 0.0603. The van der Waals surface area contributed by atoms with Crippen LogP contribution in [-0.4, -0.2) is 23.4 Å². The fourth-order valence-corrected chi connectivity index (χ4v) is 2.64. The lowest BCUT2D eigenvalue weighted by atomic mass is 9.98. The van der Waals surface area contributed by atoms with Crippen molar-refractivity contribution < 1.29 is 9.18 Å². The van der Waals surface area contributed by atoms with Crippen molar-refractivity contribution in [2.24, 2.45) is 0 Å². The number of hydrogen-bond acceptors (Lipinski definition) is 1. The summed E-state index contributed by atoms with van der Waals surface area (Å²) in [6, 6.07) is 5.10. The van der Waals surface area contributed by atoms with Crippen LogP contribution < -0.4 is 0 Å². The Balaban J connectivity index is 2.24. The van der Waals surface area contributed by atoms with Gasteiger partial charge in [-0.25, -0.2) is 4.39 Å². The highest BCUT2D eigenvalue weighted by molar-refractivity contribution is 5.94. The molecule has 1 aliphatic rings. The van der Waals surface area contributed by atoms with Crippen LogP contribution in [0, 0.1) is 12.7 Å². The first kappa shape index (κ1) is 13.1. The monoisotopic (exact) mass is 249 g/mol. The van der Waals surface area contributed by atoms with Gasteiger partial charge in [0.2, 0.25) is 0 Å². The lowest BCUT2D eigenvalue weighted by Gasteiger charge is -2.35. The first-order chi connectivity index (χ1) is 8.63. The minimum atomic E-state index is -0.402. The van der Waals surface area contributed by atoms with E-state index in [9.17, 15) is 9.18 Å². The van der Waals surface area contributed by atoms with E-state index in [1.165, 1.54) is 12.5 Å². The van der Waals surface area contributed by atoms with Gasteiger partial charge in [-0.05, 0) is 50.3 Å². The Morgan fingerprint density at radius 2 is 2.22 bits per heavy atom. The smallest absolute Gasteiger partial charge is 0.257 e. The summed E-state index contributed by atoms with van der Waals surface area (Å²) in [4.78, 5) is 14.2. The van der Waals surface area contributed by atoms with E-state index in [1.807, 2.05) is 11.8 Å². The molecule has 1 saturated heterocycles. The summed E-state index contributed by atoms with van der Waals surface area (Å²) in [7, 11) is 0. The van der Waals surface area contributed by atoms with E-state index in [0.717, 1.165) is 31.4 Å². The molecule has 0 saturated carbocycles. The van der Waals surface area contributed by atoms with E-state index in [-0.39, 0.29) is 17.5 Å². The molecule has 0 N–H and O–H groups in total. The predicted octanol–water partition coefficient (Wildman–Crippen LogP) is 3.54. The predicted molar refractivity (Wildman–Crippen MR) is 70.1 cm³/mol. The molecule has 0 aliphatic carbocycles. The van der Waals surface area contributed by atoms with Gasteiger partial charge in [0.1, 0.15) is 5.82 Å². The van der Waals surface area contributed by atoms with Gasteiger partial charge in [0.05, 0.1) is 5.56 Å². The zero-order chi connectivity index (χ0) is 13.1. The summed E-state index contributed by atoms with van der Waals surface area (Å²) < 4.78 is 13.8. The largest absolute Gasteiger partial charge is 0.336 e. The second-order valence-electron chi connectivity index (χ2n) is 5.04. The van der Waals surface area contributed by atoms with Crippen LogP contribution >= 0.6 is 0 Å². The SMILES string of the molecule is CCC1CCCCN1C(=O)c1ccc(C)cc1F. The molecule has 1 aliphatic heterocycles. The second kappa shape index (κ2) is 5.51. The number of halogens is 1. The molecule has 1 fully saturated rings. The van der Waals surface area contributed by atoms with E-state index in [2.05, 4.69) is 6.92 Å². The number of rotatable bonds is 2. The van der Waals surface area contributed by atoms with Gasteiger partial charge in [-0.1, -0.05) is 13.0 Å². The van der Waals surface area contributed by atoms with Crippen molar-refractivity contribution in [3.8, 4) is 0 Å². The average molecular weight is 249 g/mol. The second-order valence-corrected chi connectivity index (χ2v) is 5.04. The lowest BCUT2D eigenvalue weighted by Crippen LogP contribution is -2.43. The molecule has 1 atom stereocenters. The number of amides is 1. The zero-order valence-corrected chi connectivity index (χ0v) is 11.1. The van der Waals surface area contributed by atoms with Crippen LogP contribution in [0.1, 0.15) is 48.5 Å². The topological polar surface area (TPSA) is 20.3 Å². The van der Waals surface area contributed by atoms with Crippen molar-refractivity contribution in [2.75, 3.05) is 6.54 Å². The maximum absolute atomic E-state index is 13.8. The van der Waals surface area contributed by atoms with Gasteiger partial charge in [-0.15, -0.1) is 0 Å². The van der Waals surface area contributed by atoms with Gasteiger partial charge in [-0.3, -0.25) is 4.79 Å². The molecule has 0 bridgehead atoms. The van der Waals surface area contributed by atoms with Gasteiger partial charge in [-0.2, -0.15) is 0 Å². The molecule has 18 heavy (non-hydrogen) atoms. The highest BCUT2D eigenvalue weighted by Gasteiger charge is 2.27. The summed E-state index contributed by atoms with van der Waals surface area (Å²) in [5.74, 6) is -0.556. The molecule has 1 aromatic rings. The maximum Gasteiger partial charge on any atom is 0.257 e. The van der Waals surface area contributed by atoms with E-state index < -0.39 is 5.82 Å². The number of carbonyl (C=O) groups is 1. The molecule has 1 aromatic carbocycles.